The third kappa shape index (κ3) is 5.06. The van der Waals surface area contributed by atoms with Crippen LogP contribution in [0.2, 0.25) is 0 Å². The minimum absolute atomic E-state index is 0.00280. The number of rotatable bonds is 8. The van der Waals surface area contributed by atoms with E-state index in [2.05, 4.69) is 10.2 Å². The van der Waals surface area contributed by atoms with E-state index in [0.717, 1.165) is 11.3 Å². The number of carbonyl (C=O) groups excluding carboxylic acids is 2. The van der Waals surface area contributed by atoms with E-state index >= 15 is 0 Å². The summed E-state index contributed by atoms with van der Waals surface area (Å²) in [5, 5.41) is 2.99. The summed E-state index contributed by atoms with van der Waals surface area (Å²) in [6.07, 6.45) is 0.221. The molecule has 0 saturated carbocycles. The summed E-state index contributed by atoms with van der Waals surface area (Å²) in [6, 6.07) is 15.2. The molecule has 154 valence electrons. The maximum Gasteiger partial charge on any atom is 0.265 e. The molecule has 0 spiro atoms. The molecule has 1 heterocycles. The van der Waals surface area contributed by atoms with Gasteiger partial charge in [0.15, 0.2) is 6.61 Å². The second-order valence-electron chi connectivity index (χ2n) is 7.11. The molecule has 1 unspecified atom stereocenters. The SMILES string of the molecule is COc1cccc(C(CNC(=O)CCN2C(=O)COc3ccccc32)N(C)C)c1. The zero-order valence-corrected chi connectivity index (χ0v) is 17.1. The van der Waals surface area contributed by atoms with E-state index in [0.29, 0.717) is 24.5 Å². The van der Waals surface area contributed by atoms with Gasteiger partial charge >= 0.3 is 0 Å². The summed E-state index contributed by atoms with van der Waals surface area (Å²) < 4.78 is 10.7. The van der Waals surface area contributed by atoms with Crippen molar-refractivity contribution in [2.45, 2.75) is 12.5 Å². The Morgan fingerprint density at radius 3 is 2.79 bits per heavy atom. The summed E-state index contributed by atoms with van der Waals surface area (Å²) >= 11 is 0. The summed E-state index contributed by atoms with van der Waals surface area (Å²) in [6.45, 7) is 0.778. The molecule has 0 fully saturated rings. The van der Waals surface area contributed by atoms with Gasteiger partial charge in [-0.1, -0.05) is 24.3 Å². The number of fused-ring (bicyclic) bond motifs is 1. The number of amides is 2. The average Bonchev–Trinajstić information content (AvgIpc) is 2.73. The van der Waals surface area contributed by atoms with Crippen molar-refractivity contribution in [2.24, 2.45) is 0 Å². The van der Waals surface area contributed by atoms with E-state index in [1.807, 2.05) is 62.6 Å². The highest BCUT2D eigenvalue weighted by Crippen LogP contribution is 2.31. The Hall–Kier alpha value is -3.06. The fraction of sp³-hybridized carbons (Fsp3) is 0.364. The standard InChI is InChI=1S/C22H27N3O4/c1-24(2)19(16-7-6-8-17(13-16)28-3)14-23-21(26)11-12-25-18-9-4-5-10-20(18)29-15-22(25)27/h4-10,13,19H,11-12,14-15H2,1-3H3,(H,23,26). The van der Waals surface area contributed by atoms with Crippen LogP contribution in [0.4, 0.5) is 5.69 Å². The molecule has 0 aliphatic carbocycles. The number of carbonyl (C=O) groups is 2. The number of nitrogens with one attached hydrogen (secondary N) is 1. The smallest absolute Gasteiger partial charge is 0.265 e. The number of hydrogen-bond acceptors (Lipinski definition) is 5. The first-order valence-corrected chi connectivity index (χ1v) is 9.59. The van der Waals surface area contributed by atoms with Crippen molar-refractivity contribution in [3.8, 4) is 11.5 Å². The molecule has 1 aliphatic rings. The zero-order chi connectivity index (χ0) is 20.8. The van der Waals surface area contributed by atoms with Crippen LogP contribution in [0.3, 0.4) is 0 Å². The minimum atomic E-state index is -0.140. The lowest BCUT2D eigenvalue weighted by atomic mass is 10.1. The maximum absolute atomic E-state index is 12.5. The van der Waals surface area contributed by atoms with E-state index < -0.39 is 0 Å². The molecule has 7 nitrogen and oxygen atoms in total. The van der Waals surface area contributed by atoms with Crippen molar-refractivity contribution in [2.75, 3.05) is 45.8 Å². The third-order valence-electron chi connectivity index (χ3n) is 4.97. The Morgan fingerprint density at radius 2 is 2.03 bits per heavy atom. The molecule has 0 saturated heterocycles. The summed E-state index contributed by atoms with van der Waals surface area (Å²) in [5.74, 6) is 1.21. The van der Waals surface area contributed by atoms with Crippen LogP contribution < -0.4 is 19.7 Å². The van der Waals surface area contributed by atoms with Crippen LogP contribution in [0.15, 0.2) is 48.5 Å². The van der Waals surface area contributed by atoms with E-state index in [9.17, 15) is 9.59 Å². The van der Waals surface area contributed by atoms with Crippen LogP contribution in [-0.4, -0.2) is 57.6 Å². The van der Waals surface area contributed by atoms with Crippen LogP contribution in [0.1, 0.15) is 18.0 Å². The van der Waals surface area contributed by atoms with Gasteiger partial charge in [0, 0.05) is 19.5 Å². The van der Waals surface area contributed by atoms with Gasteiger partial charge < -0.3 is 24.6 Å². The van der Waals surface area contributed by atoms with Gasteiger partial charge in [-0.2, -0.15) is 0 Å². The fourth-order valence-electron chi connectivity index (χ4n) is 3.36. The lowest BCUT2D eigenvalue weighted by Gasteiger charge is -2.29. The van der Waals surface area contributed by atoms with Crippen molar-refractivity contribution in [1.29, 1.82) is 0 Å². The normalized spacial score (nSPS) is 14.2. The van der Waals surface area contributed by atoms with Gasteiger partial charge in [-0.05, 0) is 43.9 Å². The van der Waals surface area contributed by atoms with Crippen LogP contribution in [0, 0.1) is 0 Å². The van der Waals surface area contributed by atoms with Gasteiger partial charge in [-0.15, -0.1) is 0 Å². The van der Waals surface area contributed by atoms with Gasteiger partial charge in [0.25, 0.3) is 5.91 Å². The van der Waals surface area contributed by atoms with Crippen LogP contribution in [0.5, 0.6) is 11.5 Å². The second-order valence-corrected chi connectivity index (χ2v) is 7.11. The summed E-state index contributed by atoms with van der Waals surface area (Å²) in [4.78, 5) is 28.4. The fourth-order valence-corrected chi connectivity index (χ4v) is 3.36. The van der Waals surface area contributed by atoms with Gasteiger partial charge in [0.1, 0.15) is 11.5 Å². The number of anilines is 1. The van der Waals surface area contributed by atoms with E-state index in [4.69, 9.17) is 9.47 Å². The lowest BCUT2D eigenvalue weighted by molar-refractivity contribution is -0.122. The first kappa shape index (κ1) is 20.7. The lowest BCUT2D eigenvalue weighted by Crippen LogP contribution is -2.41. The molecule has 1 N–H and O–H groups in total. The van der Waals surface area contributed by atoms with Crippen molar-refractivity contribution < 1.29 is 19.1 Å². The Labute approximate surface area is 171 Å². The van der Waals surface area contributed by atoms with Gasteiger partial charge in [-0.3, -0.25) is 9.59 Å². The number of nitrogens with zero attached hydrogens (tertiary/aromatic N) is 2. The van der Waals surface area contributed by atoms with E-state index in [1.54, 1.807) is 12.0 Å². The molecule has 0 aromatic heterocycles. The molecule has 1 aliphatic heterocycles. The highest BCUT2D eigenvalue weighted by Gasteiger charge is 2.25. The largest absolute Gasteiger partial charge is 0.497 e. The monoisotopic (exact) mass is 397 g/mol. The molecular formula is C22H27N3O4. The molecule has 7 heteroatoms. The Kier molecular flexibility index (Phi) is 6.72. The maximum atomic E-state index is 12.5. The van der Waals surface area contributed by atoms with Gasteiger partial charge in [0.05, 0.1) is 18.8 Å². The van der Waals surface area contributed by atoms with E-state index in [1.165, 1.54) is 0 Å². The number of likely N-dealkylation sites (N-methyl/N-ethyl adjacent to an activating group) is 1. The molecule has 1 atom stereocenters. The first-order valence-electron chi connectivity index (χ1n) is 9.59. The molecule has 0 bridgehead atoms. The highest BCUT2D eigenvalue weighted by molar-refractivity contribution is 5.98. The Morgan fingerprint density at radius 1 is 1.24 bits per heavy atom. The quantitative estimate of drug-likeness (QED) is 0.740. The predicted molar refractivity (Wildman–Crippen MR) is 111 cm³/mol. The molecule has 0 radical (unpaired) electrons. The molecule has 3 rings (SSSR count). The first-order chi connectivity index (χ1) is 14.0. The highest BCUT2D eigenvalue weighted by atomic mass is 16.5. The van der Waals surface area contributed by atoms with Crippen LogP contribution in [-0.2, 0) is 9.59 Å². The molecule has 2 amide bonds. The molecule has 2 aromatic carbocycles. The van der Waals surface area contributed by atoms with E-state index in [-0.39, 0.29) is 30.9 Å². The molecular weight excluding hydrogens is 370 g/mol. The van der Waals surface area contributed by atoms with Gasteiger partial charge in [-0.25, -0.2) is 0 Å². The zero-order valence-electron chi connectivity index (χ0n) is 17.1. The van der Waals surface area contributed by atoms with Crippen molar-refractivity contribution in [3.05, 3.63) is 54.1 Å². The van der Waals surface area contributed by atoms with Crippen molar-refractivity contribution in [1.82, 2.24) is 10.2 Å². The predicted octanol–water partition coefficient (Wildman–Crippen LogP) is 2.23. The van der Waals surface area contributed by atoms with Crippen LogP contribution >= 0.6 is 0 Å². The molecule has 29 heavy (non-hydrogen) atoms. The third-order valence-corrected chi connectivity index (χ3v) is 4.97. The number of ether oxygens (including phenoxy) is 2. The number of benzene rings is 2. The summed E-state index contributed by atoms with van der Waals surface area (Å²) in [5.41, 5.74) is 1.77. The number of methoxy groups -OCH3 is 1. The van der Waals surface area contributed by atoms with Crippen molar-refractivity contribution in [3.63, 3.8) is 0 Å². The topological polar surface area (TPSA) is 71.1 Å². The molecule has 2 aromatic rings. The Balaban J connectivity index is 1.58. The Bertz CT molecular complexity index is 869. The van der Waals surface area contributed by atoms with Crippen LogP contribution in [0.25, 0.3) is 0 Å². The minimum Gasteiger partial charge on any atom is -0.497 e. The van der Waals surface area contributed by atoms with Gasteiger partial charge in [0.2, 0.25) is 5.91 Å². The average molecular weight is 397 g/mol. The van der Waals surface area contributed by atoms with Crippen molar-refractivity contribution >= 4 is 17.5 Å². The number of hydrogen-bond donors (Lipinski definition) is 1. The second kappa shape index (κ2) is 9.43. The number of para-hydroxylation sites is 2. The summed E-state index contributed by atoms with van der Waals surface area (Å²) in [7, 11) is 5.58.